The molecule has 0 radical (unpaired) electrons. The van der Waals surface area contributed by atoms with E-state index in [1.807, 2.05) is 24.3 Å². The molecule has 1 aliphatic heterocycles. The minimum atomic E-state index is -3.80. The lowest BCUT2D eigenvalue weighted by Gasteiger charge is -2.17. The van der Waals surface area contributed by atoms with Gasteiger partial charge in [0.1, 0.15) is 4.90 Å². The molecule has 2 amide bonds. The Morgan fingerprint density at radius 2 is 1.64 bits per heavy atom. The minimum Gasteiger partial charge on any atom is -0.322 e. The lowest BCUT2D eigenvalue weighted by Crippen LogP contribution is -2.28. The van der Waals surface area contributed by atoms with Crippen molar-refractivity contribution in [2.24, 2.45) is 0 Å². The van der Waals surface area contributed by atoms with Crippen molar-refractivity contribution in [3.8, 4) is 0 Å². The summed E-state index contributed by atoms with van der Waals surface area (Å²) in [6.07, 6.45) is 0.822. The number of amides is 2. The molecule has 9 heteroatoms. The summed E-state index contributed by atoms with van der Waals surface area (Å²) in [5.41, 5.74) is 3.20. The van der Waals surface area contributed by atoms with Crippen LogP contribution in [0.1, 0.15) is 26.3 Å². The number of para-hydroxylation sites is 1. The summed E-state index contributed by atoms with van der Waals surface area (Å²) < 4.78 is 25.9. The second kappa shape index (κ2) is 8.97. The van der Waals surface area contributed by atoms with Gasteiger partial charge < -0.3 is 10.2 Å². The first kappa shape index (κ1) is 23.0. The SMILES string of the molecule is CN(C)S(=O)(=O)c1cc(C(=O)Nc2ccc(C(=O)N3CCc4ccccc43)cc2)ccc1Cl. The molecule has 3 aromatic carbocycles. The van der Waals surface area contributed by atoms with E-state index in [1.54, 1.807) is 29.2 Å². The molecule has 1 heterocycles. The Labute approximate surface area is 197 Å². The first-order valence-electron chi connectivity index (χ1n) is 10.2. The van der Waals surface area contributed by atoms with Gasteiger partial charge in [0.2, 0.25) is 10.0 Å². The van der Waals surface area contributed by atoms with Crippen molar-refractivity contribution in [2.45, 2.75) is 11.3 Å². The third-order valence-corrected chi connectivity index (χ3v) is 7.77. The van der Waals surface area contributed by atoms with E-state index in [-0.39, 0.29) is 21.4 Å². The molecule has 7 nitrogen and oxygen atoms in total. The highest BCUT2D eigenvalue weighted by Crippen LogP contribution is 2.29. The standard InChI is InChI=1S/C24H22ClN3O4S/c1-27(2)33(31,32)22-15-18(9-12-20(22)25)23(29)26-19-10-7-17(8-11-19)24(30)28-14-13-16-5-3-4-6-21(16)28/h3-12,15H,13-14H2,1-2H3,(H,26,29). The van der Waals surface area contributed by atoms with Crippen LogP contribution in [-0.2, 0) is 16.4 Å². The molecule has 0 aliphatic carbocycles. The van der Waals surface area contributed by atoms with Gasteiger partial charge in [-0.15, -0.1) is 0 Å². The van der Waals surface area contributed by atoms with E-state index in [0.717, 1.165) is 22.0 Å². The number of halogens is 1. The lowest BCUT2D eigenvalue weighted by molar-refractivity contribution is 0.0988. The summed E-state index contributed by atoms with van der Waals surface area (Å²) in [5.74, 6) is -0.594. The van der Waals surface area contributed by atoms with Crippen LogP contribution < -0.4 is 10.2 Å². The topological polar surface area (TPSA) is 86.8 Å². The maximum Gasteiger partial charge on any atom is 0.258 e. The van der Waals surface area contributed by atoms with Crippen LogP contribution in [0.5, 0.6) is 0 Å². The van der Waals surface area contributed by atoms with E-state index in [1.165, 1.54) is 32.3 Å². The summed E-state index contributed by atoms with van der Waals surface area (Å²) in [4.78, 5) is 27.3. The molecule has 1 N–H and O–H groups in total. The highest BCUT2D eigenvalue weighted by Gasteiger charge is 2.25. The van der Waals surface area contributed by atoms with Gasteiger partial charge in [0.05, 0.1) is 5.02 Å². The fourth-order valence-electron chi connectivity index (χ4n) is 3.64. The smallest absolute Gasteiger partial charge is 0.258 e. The zero-order valence-corrected chi connectivity index (χ0v) is 19.7. The van der Waals surface area contributed by atoms with Gasteiger partial charge in [-0.2, -0.15) is 0 Å². The van der Waals surface area contributed by atoms with Gasteiger partial charge in [0, 0.05) is 43.1 Å². The molecule has 1 aliphatic rings. The number of fused-ring (bicyclic) bond motifs is 1. The van der Waals surface area contributed by atoms with Crippen LogP contribution in [0.25, 0.3) is 0 Å². The van der Waals surface area contributed by atoms with Gasteiger partial charge in [-0.05, 0) is 60.5 Å². The molecule has 0 unspecified atom stereocenters. The third-order valence-electron chi connectivity index (χ3n) is 5.47. The molecule has 0 saturated carbocycles. The van der Waals surface area contributed by atoms with Gasteiger partial charge in [-0.3, -0.25) is 9.59 Å². The Morgan fingerprint density at radius 3 is 2.33 bits per heavy atom. The summed E-state index contributed by atoms with van der Waals surface area (Å²) in [5, 5.41) is 2.76. The van der Waals surface area contributed by atoms with E-state index < -0.39 is 15.9 Å². The molecule has 0 atom stereocenters. The average Bonchev–Trinajstić information content (AvgIpc) is 3.23. The second-order valence-electron chi connectivity index (χ2n) is 7.80. The molecule has 0 spiro atoms. The maximum atomic E-state index is 12.9. The first-order valence-corrected chi connectivity index (χ1v) is 12.0. The van der Waals surface area contributed by atoms with Crippen molar-refractivity contribution in [3.63, 3.8) is 0 Å². The lowest BCUT2D eigenvalue weighted by atomic mass is 10.1. The zero-order chi connectivity index (χ0) is 23.8. The summed E-state index contributed by atoms with van der Waals surface area (Å²) >= 11 is 6.05. The second-order valence-corrected chi connectivity index (χ2v) is 10.3. The number of nitrogens with one attached hydrogen (secondary N) is 1. The van der Waals surface area contributed by atoms with Gasteiger partial charge >= 0.3 is 0 Å². The van der Waals surface area contributed by atoms with Gasteiger partial charge in [0.15, 0.2) is 0 Å². The third kappa shape index (κ3) is 4.50. The molecule has 0 bridgehead atoms. The molecule has 0 aromatic heterocycles. The van der Waals surface area contributed by atoms with Crippen LogP contribution in [0.15, 0.2) is 71.6 Å². The molecular formula is C24H22ClN3O4S. The molecule has 0 fully saturated rings. The first-order chi connectivity index (χ1) is 15.7. The number of anilines is 2. The average molecular weight is 484 g/mol. The molecule has 170 valence electrons. The largest absolute Gasteiger partial charge is 0.322 e. The van der Waals surface area contributed by atoms with Crippen molar-refractivity contribution >= 4 is 44.8 Å². The van der Waals surface area contributed by atoms with Gasteiger partial charge in [-0.25, -0.2) is 12.7 Å². The Morgan fingerprint density at radius 1 is 0.970 bits per heavy atom. The van der Waals surface area contributed by atoms with Crippen LogP contribution >= 0.6 is 11.6 Å². The minimum absolute atomic E-state index is 0.0339. The normalized spacial score (nSPS) is 13.2. The predicted octanol–water partition coefficient (Wildman–Crippen LogP) is 4.05. The van der Waals surface area contributed by atoms with Gasteiger partial charge in [-0.1, -0.05) is 29.8 Å². The van der Waals surface area contributed by atoms with Crippen LogP contribution in [0.2, 0.25) is 5.02 Å². The van der Waals surface area contributed by atoms with Crippen LogP contribution in [0.4, 0.5) is 11.4 Å². The Kier molecular flexibility index (Phi) is 6.25. The van der Waals surface area contributed by atoms with Gasteiger partial charge in [0.25, 0.3) is 11.8 Å². The monoisotopic (exact) mass is 483 g/mol. The number of carbonyl (C=O) groups is 2. The number of benzene rings is 3. The highest BCUT2D eigenvalue weighted by molar-refractivity contribution is 7.89. The number of rotatable bonds is 5. The Bertz CT molecular complexity index is 1340. The molecular weight excluding hydrogens is 462 g/mol. The maximum absolute atomic E-state index is 12.9. The number of carbonyl (C=O) groups excluding carboxylic acids is 2. The fourth-order valence-corrected chi connectivity index (χ4v) is 5.04. The van der Waals surface area contributed by atoms with Crippen molar-refractivity contribution in [1.29, 1.82) is 0 Å². The van der Waals surface area contributed by atoms with Crippen molar-refractivity contribution in [1.82, 2.24) is 4.31 Å². The van der Waals surface area contributed by atoms with E-state index >= 15 is 0 Å². The zero-order valence-electron chi connectivity index (χ0n) is 18.1. The molecule has 4 rings (SSSR count). The highest BCUT2D eigenvalue weighted by atomic mass is 35.5. The summed E-state index contributed by atoms with van der Waals surface area (Å²) in [6, 6.07) is 18.5. The quantitative estimate of drug-likeness (QED) is 0.593. The van der Waals surface area contributed by atoms with E-state index in [9.17, 15) is 18.0 Å². The van der Waals surface area contributed by atoms with Crippen LogP contribution in [0, 0.1) is 0 Å². The fraction of sp³-hybridized carbons (Fsp3) is 0.167. The van der Waals surface area contributed by atoms with E-state index in [2.05, 4.69) is 5.32 Å². The number of nitrogens with zero attached hydrogens (tertiary/aromatic N) is 2. The van der Waals surface area contributed by atoms with Crippen molar-refractivity contribution < 1.29 is 18.0 Å². The van der Waals surface area contributed by atoms with Crippen LogP contribution in [0.3, 0.4) is 0 Å². The summed E-state index contributed by atoms with van der Waals surface area (Å²) in [6.45, 7) is 0.630. The number of sulfonamides is 1. The Hall–Kier alpha value is -3.20. The van der Waals surface area contributed by atoms with E-state index in [4.69, 9.17) is 11.6 Å². The van der Waals surface area contributed by atoms with Crippen molar-refractivity contribution in [2.75, 3.05) is 30.9 Å². The number of hydrogen-bond acceptors (Lipinski definition) is 4. The summed E-state index contributed by atoms with van der Waals surface area (Å²) in [7, 11) is -1.02. The number of hydrogen-bond donors (Lipinski definition) is 1. The predicted molar refractivity (Wildman–Crippen MR) is 129 cm³/mol. The Balaban J connectivity index is 1.50. The molecule has 33 heavy (non-hydrogen) atoms. The van der Waals surface area contributed by atoms with Crippen molar-refractivity contribution in [3.05, 3.63) is 88.4 Å². The van der Waals surface area contributed by atoms with E-state index in [0.29, 0.717) is 17.8 Å². The van der Waals surface area contributed by atoms with Crippen LogP contribution in [-0.4, -0.2) is 45.2 Å². The molecule has 3 aromatic rings. The molecule has 0 saturated heterocycles.